The molecule has 2 aromatic carbocycles. The fourth-order valence-electron chi connectivity index (χ4n) is 3.33. The van der Waals surface area contributed by atoms with E-state index in [9.17, 15) is 9.18 Å². The molecule has 0 aromatic heterocycles. The lowest BCUT2D eigenvalue weighted by Crippen LogP contribution is -2.47. The van der Waals surface area contributed by atoms with Crippen molar-refractivity contribution in [3.05, 3.63) is 65.5 Å². The number of halogens is 1. The fourth-order valence-corrected chi connectivity index (χ4v) is 3.33. The van der Waals surface area contributed by atoms with Crippen molar-refractivity contribution >= 4 is 11.7 Å². The van der Waals surface area contributed by atoms with E-state index < -0.39 is 0 Å². The van der Waals surface area contributed by atoms with Gasteiger partial charge in [0.25, 0.3) is 0 Å². The molecule has 2 aromatic rings. The first kappa shape index (κ1) is 18.9. The molecule has 0 bridgehead atoms. The summed E-state index contributed by atoms with van der Waals surface area (Å²) in [4.78, 5) is 12.0. The Bertz CT molecular complexity index is 808. The second-order valence-electron chi connectivity index (χ2n) is 6.91. The van der Waals surface area contributed by atoms with Gasteiger partial charge in [0.2, 0.25) is 0 Å². The van der Waals surface area contributed by atoms with Crippen LogP contribution in [0.5, 0.6) is 0 Å². The zero-order valence-corrected chi connectivity index (χ0v) is 15.0. The lowest BCUT2D eigenvalue weighted by atomic mass is 9.89. The van der Waals surface area contributed by atoms with Crippen molar-refractivity contribution in [3.8, 4) is 6.07 Å². The highest BCUT2D eigenvalue weighted by atomic mass is 19.1. The van der Waals surface area contributed by atoms with Gasteiger partial charge in [0, 0.05) is 18.3 Å². The number of nitrogens with zero attached hydrogens (tertiary/aromatic N) is 1. The van der Waals surface area contributed by atoms with Crippen molar-refractivity contribution < 1.29 is 9.18 Å². The van der Waals surface area contributed by atoms with E-state index in [4.69, 9.17) is 5.26 Å². The third-order valence-electron chi connectivity index (χ3n) is 4.81. The molecule has 6 heteroatoms. The maximum absolute atomic E-state index is 13.0. The Morgan fingerprint density at radius 2 is 2.04 bits per heavy atom. The molecule has 1 aliphatic heterocycles. The minimum atomic E-state index is -0.277. The van der Waals surface area contributed by atoms with Gasteiger partial charge in [0.05, 0.1) is 11.6 Å². The van der Waals surface area contributed by atoms with Crippen LogP contribution in [-0.2, 0) is 6.42 Å². The lowest BCUT2D eigenvalue weighted by Gasteiger charge is -2.30. The van der Waals surface area contributed by atoms with Crippen molar-refractivity contribution in [1.82, 2.24) is 10.6 Å². The standard InChI is InChI=1S/C21H23FN4O/c22-18-7-4-15(5-8-18)10-17-6-9-20(24-13-17)14-25-21(27)26-19-3-1-2-16(11-19)12-23/h1-5,7-8,11,17,20,24H,6,9-10,13-14H2,(H2,25,26,27)/t17-,20+/m1/s1. The number of piperidine rings is 1. The van der Waals surface area contributed by atoms with Crippen LogP contribution in [0.3, 0.4) is 0 Å². The maximum atomic E-state index is 13.0. The van der Waals surface area contributed by atoms with E-state index in [0.29, 0.717) is 23.7 Å². The van der Waals surface area contributed by atoms with Gasteiger partial charge in [0.1, 0.15) is 5.82 Å². The molecule has 2 atom stereocenters. The van der Waals surface area contributed by atoms with Gasteiger partial charge >= 0.3 is 6.03 Å². The Balaban J connectivity index is 1.38. The van der Waals surface area contributed by atoms with Crippen molar-refractivity contribution in [2.45, 2.75) is 25.3 Å². The first-order valence-electron chi connectivity index (χ1n) is 9.15. The van der Waals surface area contributed by atoms with Gasteiger partial charge in [-0.05, 0) is 67.6 Å². The minimum absolute atomic E-state index is 0.204. The molecule has 1 fully saturated rings. The van der Waals surface area contributed by atoms with Crippen molar-refractivity contribution in [2.24, 2.45) is 5.92 Å². The molecular formula is C21H23FN4O. The van der Waals surface area contributed by atoms with Crippen LogP contribution in [0.4, 0.5) is 14.9 Å². The highest BCUT2D eigenvalue weighted by Crippen LogP contribution is 2.19. The lowest BCUT2D eigenvalue weighted by molar-refractivity contribution is 0.247. The van der Waals surface area contributed by atoms with E-state index in [1.165, 1.54) is 12.1 Å². The highest BCUT2D eigenvalue weighted by Gasteiger charge is 2.21. The van der Waals surface area contributed by atoms with E-state index >= 15 is 0 Å². The topological polar surface area (TPSA) is 77.0 Å². The van der Waals surface area contributed by atoms with E-state index in [-0.39, 0.29) is 17.9 Å². The Morgan fingerprint density at radius 1 is 1.22 bits per heavy atom. The fraction of sp³-hybridized carbons (Fsp3) is 0.333. The minimum Gasteiger partial charge on any atom is -0.336 e. The predicted molar refractivity (Wildman–Crippen MR) is 103 cm³/mol. The highest BCUT2D eigenvalue weighted by molar-refractivity contribution is 5.89. The number of amides is 2. The summed E-state index contributed by atoms with van der Waals surface area (Å²) in [6.45, 7) is 1.43. The molecule has 1 saturated heterocycles. The number of hydrogen-bond donors (Lipinski definition) is 3. The van der Waals surface area contributed by atoms with Crippen LogP contribution in [0.15, 0.2) is 48.5 Å². The molecule has 2 amide bonds. The first-order chi connectivity index (χ1) is 13.1. The molecule has 0 aliphatic carbocycles. The molecule has 140 valence electrons. The second-order valence-corrected chi connectivity index (χ2v) is 6.91. The molecule has 3 N–H and O–H groups in total. The van der Waals surface area contributed by atoms with Gasteiger partial charge < -0.3 is 16.0 Å². The van der Waals surface area contributed by atoms with Crippen molar-refractivity contribution in [3.63, 3.8) is 0 Å². The monoisotopic (exact) mass is 366 g/mol. The molecule has 1 heterocycles. The number of anilines is 1. The molecule has 0 unspecified atom stereocenters. The molecule has 0 radical (unpaired) electrons. The summed E-state index contributed by atoms with van der Waals surface area (Å²) in [5.41, 5.74) is 2.26. The summed E-state index contributed by atoms with van der Waals surface area (Å²) < 4.78 is 13.0. The maximum Gasteiger partial charge on any atom is 0.319 e. The number of benzene rings is 2. The van der Waals surface area contributed by atoms with Crippen LogP contribution in [0.2, 0.25) is 0 Å². The number of nitrogens with one attached hydrogen (secondary N) is 3. The molecular weight excluding hydrogens is 343 g/mol. The molecule has 27 heavy (non-hydrogen) atoms. The normalized spacial score (nSPS) is 19.1. The number of hydrogen-bond acceptors (Lipinski definition) is 3. The Morgan fingerprint density at radius 3 is 2.74 bits per heavy atom. The number of nitriles is 1. The summed E-state index contributed by atoms with van der Waals surface area (Å²) in [7, 11) is 0. The van der Waals surface area contributed by atoms with Crippen LogP contribution in [-0.4, -0.2) is 25.2 Å². The third-order valence-corrected chi connectivity index (χ3v) is 4.81. The Labute approximate surface area is 158 Å². The number of urea groups is 1. The van der Waals surface area contributed by atoms with E-state index in [2.05, 4.69) is 16.0 Å². The van der Waals surface area contributed by atoms with Gasteiger partial charge in [-0.2, -0.15) is 5.26 Å². The largest absolute Gasteiger partial charge is 0.336 e. The average molecular weight is 366 g/mol. The first-order valence-corrected chi connectivity index (χ1v) is 9.15. The van der Waals surface area contributed by atoms with Crippen LogP contribution >= 0.6 is 0 Å². The zero-order valence-electron chi connectivity index (χ0n) is 15.0. The van der Waals surface area contributed by atoms with Crippen LogP contribution in [0.25, 0.3) is 0 Å². The van der Waals surface area contributed by atoms with Crippen LogP contribution in [0, 0.1) is 23.1 Å². The van der Waals surface area contributed by atoms with Gasteiger partial charge in [0.15, 0.2) is 0 Å². The average Bonchev–Trinajstić information content (AvgIpc) is 2.69. The number of carbonyl (C=O) groups excluding carboxylic acids is 1. The van der Waals surface area contributed by atoms with Gasteiger partial charge in [-0.1, -0.05) is 18.2 Å². The van der Waals surface area contributed by atoms with Crippen molar-refractivity contribution in [2.75, 3.05) is 18.4 Å². The second kappa shape index (κ2) is 9.15. The summed E-state index contributed by atoms with van der Waals surface area (Å²) in [6, 6.07) is 15.5. The molecule has 3 rings (SSSR count). The number of carbonyl (C=O) groups is 1. The van der Waals surface area contributed by atoms with E-state index in [0.717, 1.165) is 31.4 Å². The van der Waals surface area contributed by atoms with Crippen LogP contribution in [0.1, 0.15) is 24.0 Å². The Hall–Kier alpha value is -2.91. The van der Waals surface area contributed by atoms with Gasteiger partial charge in [-0.25, -0.2) is 9.18 Å². The zero-order chi connectivity index (χ0) is 19.1. The van der Waals surface area contributed by atoms with Crippen molar-refractivity contribution in [1.29, 1.82) is 5.26 Å². The third kappa shape index (κ3) is 5.80. The van der Waals surface area contributed by atoms with Crippen LogP contribution < -0.4 is 16.0 Å². The molecule has 0 spiro atoms. The SMILES string of the molecule is N#Cc1cccc(NC(=O)NC[C@@H]2CC[C@H](Cc3ccc(F)cc3)CN2)c1. The Kier molecular flexibility index (Phi) is 6.39. The summed E-state index contributed by atoms with van der Waals surface area (Å²) in [5, 5.41) is 18.0. The van der Waals surface area contributed by atoms with E-state index in [1.807, 2.05) is 18.2 Å². The summed E-state index contributed by atoms with van der Waals surface area (Å²) in [5.74, 6) is 0.318. The smallest absolute Gasteiger partial charge is 0.319 e. The summed E-state index contributed by atoms with van der Waals surface area (Å²) in [6.07, 6.45) is 2.99. The molecule has 0 saturated carbocycles. The predicted octanol–water partition coefficient (Wildman–Crippen LogP) is 3.43. The molecule has 1 aliphatic rings. The van der Waals surface area contributed by atoms with E-state index in [1.54, 1.807) is 24.3 Å². The number of rotatable bonds is 5. The van der Waals surface area contributed by atoms with Gasteiger partial charge in [-0.3, -0.25) is 0 Å². The van der Waals surface area contributed by atoms with Gasteiger partial charge in [-0.15, -0.1) is 0 Å². The molecule has 5 nitrogen and oxygen atoms in total. The quantitative estimate of drug-likeness (QED) is 0.759. The summed E-state index contributed by atoms with van der Waals surface area (Å²) >= 11 is 0.